The number of benzene rings is 1. The van der Waals surface area contributed by atoms with Gasteiger partial charge in [0.05, 0.1) is 0 Å². The first-order valence-electron chi connectivity index (χ1n) is 7.63. The summed E-state index contributed by atoms with van der Waals surface area (Å²) in [5.41, 5.74) is 0. The zero-order valence-corrected chi connectivity index (χ0v) is 13.3. The summed E-state index contributed by atoms with van der Waals surface area (Å²) >= 11 is 0. The van der Waals surface area contributed by atoms with Crippen LogP contribution in [0.3, 0.4) is 0 Å². The van der Waals surface area contributed by atoms with Crippen molar-refractivity contribution in [3.8, 4) is 5.75 Å². The Morgan fingerprint density at radius 3 is 2.42 bits per heavy atom. The highest BCUT2D eigenvalue weighted by Gasteiger charge is 2.25. The number of urea groups is 1. The third kappa shape index (κ3) is 3.83. The SMILES string of the molecule is Cc1cc(NC(=O)N2CCN(C(=O)Oc3ccccc3)CC2)no1. The molecule has 2 aromatic rings. The number of ether oxygens (including phenoxy) is 1. The van der Waals surface area contributed by atoms with Crippen molar-refractivity contribution in [3.05, 3.63) is 42.2 Å². The van der Waals surface area contributed by atoms with Gasteiger partial charge in [-0.3, -0.25) is 5.32 Å². The molecule has 126 valence electrons. The van der Waals surface area contributed by atoms with Gasteiger partial charge in [-0.05, 0) is 19.1 Å². The molecule has 0 spiro atoms. The molecule has 1 N–H and O–H groups in total. The van der Waals surface area contributed by atoms with Crippen LogP contribution in [0, 0.1) is 6.92 Å². The van der Waals surface area contributed by atoms with Gasteiger partial charge in [-0.15, -0.1) is 0 Å². The minimum Gasteiger partial charge on any atom is -0.410 e. The van der Waals surface area contributed by atoms with Crippen LogP contribution in [0.2, 0.25) is 0 Å². The summed E-state index contributed by atoms with van der Waals surface area (Å²) in [6, 6.07) is 10.3. The fourth-order valence-electron chi connectivity index (χ4n) is 2.36. The molecule has 1 aliphatic heterocycles. The highest BCUT2D eigenvalue weighted by atomic mass is 16.6. The topological polar surface area (TPSA) is 87.9 Å². The molecule has 8 nitrogen and oxygen atoms in total. The molecule has 0 aliphatic carbocycles. The number of aromatic nitrogens is 1. The van der Waals surface area contributed by atoms with E-state index in [1.807, 2.05) is 6.07 Å². The molecule has 24 heavy (non-hydrogen) atoms. The highest BCUT2D eigenvalue weighted by molar-refractivity contribution is 5.88. The number of nitrogens with zero attached hydrogens (tertiary/aromatic N) is 3. The molecule has 3 amide bonds. The van der Waals surface area contributed by atoms with E-state index < -0.39 is 6.09 Å². The third-order valence-electron chi connectivity index (χ3n) is 3.64. The van der Waals surface area contributed by atoms with Gasteiger partial charge < -0.3 is 19.1 Å². The zero-order chi connectivity index (χ0) is 16.9. The monoisotopic (exact) mass is 330 g/mol. The first-order chi connectivity index (χ1) is 11.6. The maximum atomic E-state index is 12.1. The van der Waals surface area contributed by atoms with Gasteiger partial charge in [-0.1, -0.05) is 23.4 Å². The summed E-state index contributed by atoms with van der Waals surface area (Å²) < 4.78 is 10.2. The Hall–Kier alpha value is -3.03. The molecule has 1 aliphatic rings. The molecule has 2 heterocycles. The van der Waals surface area contributed by atoms with Crippen molar-refractivity contribution in [1.29, 1.82) is 0 Å². The van der Waals surface area contributed by atoms with Crippen LogP contribution in [0.25, 0.3) is 0 Å². The van der Waals surface area contributed by atoms with Crippen LogP contribution < -0.4 is 10.1 Å². The molecule has 1 fully saturated rings. The number of amides is 3. The first kappa shape index (κ1) is 15.9. The normalized spacial score (nSPS) is 14.4. The summed E-state index contributed by atoms with van der Waals surface area (Å²) in [5, 5.41) is 6.39. The van der Waals surface area contributed by atoms with Crippen molar-refractivity contribution < 1.29 is 18.8 Å². The summed E-state index contributed by atoms with van der Waals surface area (Å²) in [7, 11) is 0. The van der Waals surface area contributed by atoms with Gasteiger partial charge in [0, 0.05) is 32.2 Å². The van der Waals surface area contributed by atoms with E-state index in [0.717, 1.165) is 0 Å². The molecule has 0 bridgehead atoms. The molecule has 0 atom stereocenters. The fourth-order valence-corrected chi connectivity index (χ4v) is 2.36. The lowest BCUT2D eigenvalue weighted by Gasteiger charge is -2.33. The van der Waals surface area contributed by atoms with Gasteiger partial charge in [0.1, 0.15) is 11.5 Å². The predicted octanol–water partition coefficient (Wildman–Crippen LogP) is 2.33. The lowest BCUT2D eigenvalue weighted by molar-refractivity contribution is 0.120. The summed E-state index contributed by atoms with van der Waals surface area (Å²) in [4.78, 5) is 27.4. The van der Waals surface area contributed by atoms with E-state index in [1.165, 1.54) is 0 Å². The predicted molar refractivity (Wildman–Crippen MR) is 85.9 cm³/mol. The summed E-state index contributed by atoms with van der Waals surface area (Å²) in [6.07, 6.45) is -0.409. The second-order valence-electron chi connectivity index (χ2n) is 5.41. The van der Waals surface area contributed by atoms with Gasteiger partial charge in [0.2, 0.25) is 0 Å². The quantitative estimate of drug-likeness (QED) is 0.913. The number of nitrogens with one attached hydrogen (secondary N) is 1. The molecule has 0 saturated carbocycles. The van der Waals surface area contributed by atoms with E-state index >= 15 is 0 Å². The van der Waals surface area contributed by atoms with Crippen LogP contribution in [0.4, 0.5) is 15.4 Å². The molecule has 1 aromatic carbocycles. The van der Waals surface area contributed by atoms with Crippen LogP contribution in [-0.4, -0.2) is 53.3 Å². The van der Waals surface area contributed by atoms with Crippen LogP contribution in [0.5, 0.6) is 5.75 Å². The van der Waals surface area contributed by atoms with Gasteiger partial charge in [-0.2, -0.15) is 0 Å². The first-order valence-corrected chi connectivity index (χ1v) is 7.63. The van der Waals surface area contributed by atoms with Crippen molar-refractivity contribution in [2.45, 2.75) is 6.92 Å². The number of hydrogen-bond acceptors (Lipinski definition) is 5. The van der Waals surface area contributed by atoms with Crippen molar-refractivity contribution in [2.75, 3.05) is 31.5 Å². The van der Waals surface area contributed by atoms with E-state index in [0.29, 0.717) is 43.5 Å². The van der Waals surface area contributed by atoms with Gasteiger partial charge >= 0.3 is 12.1 Å². The van der Waals surface area contributed by atoms with E-state index in [2.05, 4.69) is 10.5 Å². The van der Waals surface area contributed by atoms with E-state index in [1.54, 1.807) is 47.1 Å². The standard InChI is InChI=1S/C16H18N4O4/c1-12-11-14(18-24-12)17-15(21)19-7-9-20(10-8-19)16(22)23-13-5-3-2-4-6-13/h2-6,11H,7-10H2,1H3,(H,17,18,21). The Bertz CT molecular complexity index is 708. The average molecular weight is 330 g/mol. The number of anilines is 1. The number of aryl methyl sites for hydroxylation is 1. The van der Waals surface area contributed by atoms with Gasteiger partial charge in [0.25, 0.3) is 0 Å². The fraction of sp³-hybridized carbons (Fsp3) is 0.312. The summed E-state index contributed by atoms with van der Waals surface area (Å²) in [5.74, 6) is 1.51. The Morgan fingerprint density at radius 1 is 1.12 bits per heavy atom. The molecular formula is C16H18N4O4. The number of para-hydroxylation sites is 1. The maximum Gasteiger partial charge on any atom is 0.415 e. The molecule has 8 heteroatoms. The highest BCUT2D eigenvalue weighted by Crippen LogP contribution is 2.13. The molecule has 3 rings (SSSR count). The lowest BCUT2D eigenvalue weighted by Crippen LogP contribution is -2.52. The second kappa shape index (κ2) is 7.03. The molecule has 0 radical (unpaired) electrons. The number of piperazine rings is 1. The average Bonchev–Trinajstić information content (AvgIpc) is 3.00. The van der Waals surface area contributed by atoms with Crippen LogP contribution >= 0.6 is 0 Å². The lowest BCUT2D eigenvalue weighted by atomic mass is 10.3. The maximum absolute atomic E-state index is 12.1. The molecular weight excluding hydrogens is 312 g/mol. The van der Waals surface area contributed by atoms with Crippen molar-refractivity contribution >= 4 is 17.9 Å². The zero-order valence-electron chi connectivity index (χ0n) is 13.3. The summed E-state index contributed by atoms with van der Waals surface area (Å²) in [6.45, 7) is 3.42. The smallest absolute Gasteiger partial charge is 0.410 e. The van der Waals surface area contributed by atoms with Crippen molar-refractivity contribution in [2.24, 2.45) is 0 Å². The van der Waals surface area contributed by atoms with E-state index in [-0.39, 0.29) is 6.03 Å². The molecule has 0 unspecified atom stereocenters. The Balaban J connectivity index is 1.48. The third-order valence-corrected chi connectivity index (χ3v) is 3.64. The largest absolute Gasteiger partial charge is 0.415 e. The molecule has 1 saturated heterocycles. The Kier molecular flexibility index (Phi) is 4.64. The number of carbonyl (C=O) groups is 2. The molecule has 1 aromatic heterocycles. The van der Waals surface area contributed by atoms with Gasteiger partial charge in [0.15, 0.2) is 5.82 Å². The van der Waals surface area contributed by atoms with Crippen LogP contribution in [0.15, 0.2) is 40.9 Å². The minimum absolute atomic E-state index is 0.264. The van der Waals surface area contributed by atoms with Crippen LogP contribution in [-0.2, 0) is 0 Å². The van der Waals surface area contributed by atoms with Crippen molar-refractivity contribution in [3.63, 3.8) is 0 Å². The van der Waals surface area contributed by atoms with E-state index in [9.17, 15) is 9.59 Å². The number of rotatable bonds is 2. The number of hydrogen-bond donors (Lipinski definition) is 1. The van der Waals surface area contributed by atoms with Crippen LogP contribution in [0.1, 0.15) is 5.76 Å². The number of carbonyl (C=O) groups excluding carboxylic acids is 2. The van der Waals surface area contributed by atoms with Gasteiger partial charge in [-0.25, -0.2) is 9.59 Å². The van der Waals surface area contributed by atoms with Crippen molar-refractivity contribution in [1.82, 2.24) is 15.0 Å². The minimum atomic E-state index is -0.409. The second-order valence-corrected chi connectivity index (χ2v) is 5.41. The Morgan fingerprint density at radius 2 is 1.79 bits per heavy atom. The Labute approximate surface area is 139 Å². The van der Waals surface area contributed by atoms with E-state index in [4.69, 9.17) is 9.26 Å².